The Kier molecular flexibility index (Phi) is 6.62. The largest absolute Gasteiger partial charge is 0.493 e. The van der Waals surface area contributed by atoms with Gasteiger partial charge in [0.2, 0.25) is 0 Å². The van der Waals surface area contributed by atoms with Gasteiger partial charge in [0.05, 0.1) is 19.1 Å². The second kappa shape index (κ2) is 9.16. The molecule has 6 nitrogen and oxygen atoms in total. The first-order valence-electron chi connectivity index (χ1n) is 11.6. The van der Waals surface area contributed by atoms with Crippen LogP contribution in [-0.2, 0) is 15.1 Å². The van der Waals surface area contributed by atoms with E-state index in [1.165, 1.54) is 0 Å². The van der Waals surface area contributed by atoms with Gasteiger partial charge in [-0.1, -0.05) is 6.07 Å². The molecule has 0 bridgehead atoms. The van der Waals surface area contributed by atoms with E-state index in [1.54, 1.807) is 7.11 Å². The number of benzene rings is 1. The third-order valence-electron chi connectivity index (χ3n) is 7.16. The first kappa shape index (κ1) is 23.9. The molecule has 0 radical (unpaired) electrons. The molecule has 1 heterocycles. The van der Waals surface area contributed by atoms with E-state index in [1.807, 2.05) is 25.1 Å². The van der Waals surface area contributed by atoms with Gasteiger partial charge in [0.25, 0.3) is 5.91 Å². The van der Waals surface area contributed by atoms with Crippen LogP contribution in [0.5, 0.6) is 5.75 Å². The quantitative estimate of drug-likeness (QED) is 0.619. The molecule has 1 aromatic carbocycles. The van der Waals surface area contributed by atoms with Crippen LogP contribution in [0.3, 0.4) is 0 Å². The highest BCUT2D eigenvalue weighted by molar-refractivity contribution is 6.07. The molecule has 9 heteroatoms. The molecule has 0 spiro atoms. The van der Waals surface area contributed by atoms with Crippen molar-refractivity contribution >= 4 is 11.9 Å². The Balaban J connectivity index is 1.70. The summed E-state index contributed by atoms with van der Waals surface area (Å²) in [5, 5.41) is 0. The average molecular weight is 468 g/mol. The summed E-state index contributed by atoms with van der Waals surface area (Å²) < 4.78 is 50.3. The summed E-state index contributed by atoms with van der Waals surface area (Å²) in [5.74, 6) is 0.382. The number of ether oxygens (including phenoxy) is 2. The van der Waals surface area contributed by atoms with Crippen LogP contribution in [0.2, 0.25) is 0 Å². The molecule has 1 atom stereocenters. The minimum atomic E-state index is -4.39. The Hall–Kier alpha value is -2.29. The fourth-order valence-corrected chi connectivity index (χ4v) is 5.03. The summed E-state index contributed by atoms with van der Waals surface area (Å²) >= 11 is 0. The van der Waals surface area contributed by atoms with Gasteiger partial charge in [-0.15, -0.1) is 0 Å². The van der Waals surface area contributed by atoms with E-state index in [4.69, 9.17) is 15.2 Å². The first-order chi connectivity index (χ1) is 15.6. The summed E-state index contributed by atoms with van der Waals surface area (Å²) in [4.78, 5) is 19.5. The number of aliphatic imine (C=N–C) groups is 1. The Labute approximate surface area is 192 Å². The number of alkyl halides is 3. The molecular formula is C24H32F3N3O3. The van der Waals surface area contributed by atoms with E-state index in [0.717, 1.165) is 36.1 Å². The molecular weight excluding hydrogens is 435 g/mol. The molecule has 1 aromatic rings. The number of halogens is 3. The van der Waals surface area contributed by atoms with Crippen LogP contribution in [0.15, 0.2) is 23.2 Å². The van der Waals surface area contributed by atoms with Crippen molar-refractivity contribution in [1.82, 2.24) is 4.90 Å². The molecule has 2 aliphatic carbocycles. The number of amides is 1. The maximum Gasteiger partial charge on any atom is 0.390 e. The minimum absolute atomic E-state index is 0.103. The van der Waals surface area contributed by atoms with Crippen molar-refractivity contribution in [2.24, 2.45) is 22.6 Å². The van der Waals surface area contributed by atoms with Gasteiger partial charge >= 0.3 is 6.18 Å². The zero-order valence-corrected chi connectivity index (χ0v) is 19.2. The number of nitrogens with zero attached hydrogens (tertiary/aromatic N) is 2. The third-order valence-corrected chi connectivity index (χ3v) is 7.16. The number of carbonyl (C=O) groups is 1. The molecule has 1 amide bonds. The molecule has 182 valence electrons. The van der Waals surface area contributed by atoms with Gasteiger partial charge in [0.1, 0.15) is 5.75 Å². The topological polar surface area (TPSA) is 77.2 Å². The monoisotopic (exact) mass is 467 g/mol. The van der Waals surface area contributed by atoms with Crippen molar-refractivity contribution < 1.29 is 27.4 Å². The summed E-state index contributed by atoms with van der Waals surface area (Å²) in [7, 11) is 1.67. The highest BCUT2D eigenvalue weighted by Gasteiger charge is 2.55. The number of guanidine groups is 1. The van der Waals surface area contributed by atoms with E-state index in [0.29, 0.717) is 36.7 Å². The molecule has 4 rings (SSSR count). The molecule has 33 heavy (non-hydrogen) atoms. The van der Waals surface area contributed by atoms with Gasteiger partial charge in [-0.3, -0.25) is 9.69 Å². The number of nitrogens with two attached hydrogens (primary N) is 1. The van der Waals surface area contributed by atoms with Crippen molar-refractivity contribution in [2.75, 3.05) is 20.3 Å². The van der Waals surface area contributed by atoms with E-state index < -0.39 is 30.6 Å². The predicted molar refractivity (Wildman–Crippen MR) is 118 cm³/mol. The van der Waals surface area contributed by atoms with Crippen LogP contribution >= 0.6 is 0 Å². The molecule has 2 N–H and O–H groups in total. The number of aryl methyl sites for hydroxylation is 1. The average Bonchev–Trinajstić information content (AvgIpc) is 3.57. The van der Waals surface area contributed by atoms with Gasteiger partial charge in [-0.25, -0.2) is 4.99 Å². The molecule has 2 fully saturated rings. The van der Waals surface area contributed by atoms with Crippen molar-refractivity contribution in [2.45, 2.75) is 69.7 Å². The smallest absolute Gasteiger partial charge is 0.390 e. The second-order valence-corrected chi connectivity index (χ2v) is 9.50. The van der Waals surface area contributed by atoms with E-state index in [2.05, 4.69) is 4.99 Å². The van der Waals surface area contributed by atoms with Gasteiger partial charge in [0, 0.05) is 13.7 Å². The number of carbonyl (C=O) groups excluding carboxylic acids is 1. The highest BCUT2D eigenvalue weighted by atomic mass is 19.4. The zero-order valence-electron chi connectivity index (χ0n) is 19.2. The Morgan fingerprint density at radius 1 is 1.18 bits per heavy atom. The van der Waals surface area contributed by atoms with Crippen molar-refractivity contribution in [1.29, 1.82) is 0 Å². The Bertz CT molecular complexity index is 908. The summed E-state index contributed by atoms with van der Waals surface area (Å²) in [6, 6.07) is 5.59. The van der Waals surface area contributed by atoms with E-state index >= 15 is 0 Å². The van der Waals surface area contributed by atoms with Crippen LogP contribution in [-0.4, -0.2) is 49.3 Å². The molecule has 3 aliphatic rings. The zero-order chi connectivity index (χ0) is 23.8. The predicted octanol–water partition coefficient (Wildman–Crippen LogP) is 4.29. The van der Waals surface area contributed by atoms with Gasteiger partial charge < -0.3 is 15.2 Å². The fourth-order valence-electron chi connectivity index (χ4n) is 5.03. The molecule has 1 unspecified atom stereocenters. The normalized spacial score (nSPS) is 28.2. The maximum atomic E-state index is 13.8. The molecule has 0 aromatic heterocycles. The second-order valence-electron chi connectivity index (χ2n) is 9.50. The lowest BCUT2D eigenvalue weighted by atomic mass is 9.69. The Morgan fingerprint density at radius 2 is 1.88 bits per heavy atom. The maximum absolute atomic E-state index is 13.8. The summed E-state index contributed by atoms with van der Waals surface area (Å²) in [6.07, 6.45) is -0.276. The lowest BCUT2D eigenvalue weighted by Crippen LogP contribution is -2.48. The number of rotatable bonds is 8. The molecule has 0 saturated heterocycles. The third kappa shape index (κ3) is 4.98. The fraction of sp³-hybridized carbons (Fsp3) is 0.667. The minimum Gasteiger partial charge on any atom is -0.493 e. The van der Waals surface area contributed by atoms with Crippen molar-refractivity contribution in [3.8, 4) is 5.75 Å². The van der Waals surface area contributed by atoms with Crippen molar-refractivity contribution in [3.63, 3.8) is 0 Å². The van der Waals surface area contributed by atoms with Gasteiger partial charge in [0.15, 0.2) is 11.5 Å². The number of hydrogen-bond acceptors (Lipinski definition) is 5. The van der Waals surface area contributed by atoms with E-state index in [-0.39, 0.29) is 18.0 Å². The molecule has 2 saturated carbocycles. The highest BCUT2D eigenvalue weighted by Crippen LogP contribution is 2.48. The van der Waals surface area contributed by atoms with E-state index in [9.17, 15) is 18.0 Å². The lowest BCUT2D eigenvalue weighted by molar-refractivity contribution is -0.144. The van der Waals surface area contributed by atoms with Gasteiger partial charge in [-0.05, 0) is 80.5 Å². The Morgan fingerprint density at radius 3 is 2.48 bits per heavy atom. The van der Waals surface area contributed by atoms with Crippen molar-refractivity contribution in [3.05, 3.63) is 29.3 Å². The first-order valence-corrected chi connectivity index (χ1v) is 11.6. The SMILES string of the molecule is COC1CCC(C2(c3cc(OCC4CC4)ccc3C)N=C(N)N(CCC(F)(F)F)C2=O)CC1. The van der Waals surface area contributed by atoms with Crippen LogP contribution < -0.4 is 10.5 Å². The van der Waals surface area contributed by atoms with Crippen LogP contribution in [0.1, 0.15) is 56.1 Å². The van der Waals surface area contributed by atoms with Crippen LogP contribution in [0.25, 0.3) is 0 Å². The van der Waals surface area contributed by atoms with Crippen LogP contribution in [0.4, 0.5) is 13.2 Å². The summed E-state index contributed by atoms with van der Waals surface area (Å²) in [6.45, 7) is 1.97. The lowest BCUT2D eigenvalue weighted by Gasteiger charge is -2.39. The van der Waals surface area contributed by atoms with Crippen LogP contribution in [0, 0.1) is 18.8 Å². The molecule has 1 aliphatic heterocycles. The number of hydrogen-bond donors (Lipinski definition) is 1. The number of methoxy groups -OCH3 is 1. The van der Waals surface area contributed by atoms with Gasteiger partial charge in [-0.2, -0.15) is 13.2 Å². The standard InChI is InChI=1S/C24H32F3N3O3/c1-15-3-8-19(33-14-16-4-5-16)13-20(15)24(17-6-9-18(32-2)10-7-17)21(31)30(22(28)29-24)12-11-23(25,26)27/h3,8,13,16-18H,4-7,9-12,14H2,1-2H3,(H2,28,29). The summed E-state index contributed by atoms with van der Waals surface area (Å²) in [5.41, 5.74) is 6.25.